The second kappa shape index (κ2) is 12.1. The first-order chi connectivity index (χ1) is 14.5. The number of amides is 2. The van der Waals surface area contributed by atoms with Crippen molar-refractivity contribution in [2.75, 3.05) is 26.8 Å². The van der Waals surface area contributed by atoms with Crippen LogP contribution in [0.25, 0.3) is 0 Å². The lowest BCUT2D eigenvalue weighted by molar-refractivity contribution is -0.122. The van der Waals surface area contributed by atoms with Crippen LogP contribution in [-0.4, -0.2) is 38.6 Å². The number of hydrogen-bond acceptors (Lipinski definition) is 5. The van der Waals surface area contributed by atoms with Crippen molar-refractivity contribution in [1.82, 2.24) is 10.6 Å². The third kappa shape index (κ3) is 7.80. The molecule has 0 aliphatic heterocycles. The van der Waals surface area contributed by atoms with Gasteiger partial charge in [-0.15, -0.1) is 0 Å². The van der Waals surface area contributed by atoms with Gasteiger partial charge in [0, 0.05) is 25.6 Å². The monoisotopic (exact) mass is 413 g/mol. The number of nitriles is 1. The van der Waals surface area contributed by atoms with Gasteiger partial charge in [0.15, 0.2) is 11.5 Å². The molecule has 0 heterocycles. The normalized spacial score (nSPS) is 10.0. The molecule has 8 heteroatoms. The predicted octanol–water partition coefficient (Wildman–Crippen LogP) is 2.34. The van der Waals surface area contributed by atoms with Crippen LogP contribution in [0.4, 0.5) is 4.39 Å². The zero-order chi connectivity index (χ0) is 21.8. The summed E-state index contributed by atoms with van der Waals surface area (Å²) in [7, 11) is 1.50. The molecule has 0 aliphatic rings. The first kappa shape index (κ1) is 22.7. The zero-order valence-corrected chi connectivity index (χ0v) is 16.7. The zero-order valence-electron chi connectivity index (χ0n) is 16.7. The molecule has 0 fully saturated rings. The summed E-state index contributed by atoms with van der Waals surface area (Å²) in [4.78, 5) is 23.7. The maximum atomic E-state index is 12.8. The van der Waals surface area contributed by atoms with Crippen molar-refractivity contribution in [2.45, 2.75) is 19.3 Å². The standard InChI is InChI=1S/C22H24FN3O4/c1-29-20-13-17(15-24)6-9-19(20)30-12-2-3-21(27)25-10-11-26-22(28)14-16-4-7-18(23)8-5-16/h4-9,13H,2-3,10-12,14H2,1H3,(H,25,27)(H,26,28). The van der Waals surface area contributed by atoms with E-state index in [4.69, 9.17) is 14.7 Å². The molecule has 30 heavy (non-hydrogen) atoms. The van der Waals surface area contributed by atoms with Gasteiger partial charge < -0.3 is 20.1 Å². The summed E-state index contributed by atoms with van der Waals surface area (Å²) in [5.74, 6) is 0.303. The minimum Gasteiger partial charge on any atom is -0.493 e. The van der Waals surface area contributed by atoms with Crippen LogP contribution >= 0.6 is 0 Å². The van der Waals surface area contributed by atoms with Gasteiger partial charge in [-0.3, -0.25) is 9.59 Å². The summed E-state index contributed by atoms with van der Waals surface area (Å²) in [6.07, 6.45) is 0.943. The van der Waals surface area contributed by atoms with Crippen LogP contribution < -0.4 is 20.1 Å². The Hall–Kier alpha value is -3.60. The molecule has 2 amide bonds. The van der Waals surface area contributed by atoms with Crippen LogP contribution in [0.15, 0.2) is 42.5 Å². The van der Waals surface area contributed by atoms with E-state index in [1.54, 1.807) is 30.3 Å². The van der Waals surface area contributed by atoms with Gasteiger partial charge >= 0.3 is 0 Å². The molecule has 0 bridgehead atoms. The van der Waals surface area contributed by atoms with Crippen molar-refractivity contribution in [3.05, 3.63) is 59.4 Å². The van der Waals surface area contributed by atoms with E-state index < -0.39 is 0 Å². The van der Waals surface area contributed by atoms with Crippen LogP contribution in [0.2, 0.25) is 0 Å². The highest BCUT2D eigenvalue weighted by Crippen LogP contribution is 2.27. The van der Waals surface area contributed by atoms with Crippen molar-refractivity contribution >= 4 is 11.8 Å². The Balaban J connectivity index is 1.57. The lowest BCUT2D eigenvalue weighted by Gasteiger charge is -2.11. The molecule has 2 aromatic carbocycles. The summed E-state index contributed by atoms with van der Waals surface area (Å²) >= 11 is 0. The second-order valence-corrected chi connectivity index (χ2v) is 6.43. The number of carbonyl (C=O) groups is 2. The van der Waals surface area contributed by atoms with Crippen LogP contribution in [0.1, 0.15) is 24.0 Å². The number of carbonyl (C=O) groups excluding carboxylic acids is 2. The van der Waals surface area contributed by atoms with Crippen LogP contribution in [0, 0.1) is 17.1 Å². The Morgan fingerprint density at radius 3 is 2.40 bits per heavy atom. The first-order valence-electron chi connectivity index (χ1n) is 9.50. The lowest BCUT2D eigenvalue weighted by Crippen LogP contribution is -2.35. The molecule has 7 nitrogen and oxygen atoms in total. The van der Waals surface area contributed by atoms with E-state index in [1.165, 1.54) is 19.2 Å². The Morgan fingerprint density at radius 2 is 1.73 bits per heavy atom. The van der Waals surface area contributed by atoms with Gasteiger partial charge in [-0.1, -0.05) is 12.1 Å². The van der Waals surface area contributed by atoms with E-state index in [-0.39, 0.29) is 30.5 Å². The Bertz CT molecular complexity index is 894. The predicted molar refractivity (Wildman–Crippen MR) is 109 cm³/mol. The highest BCUT2D eigenvalue weighted by atomic mass is 19.1. The fraction of sp³-hybridized carbons (Fsp3) is 0.318. The molecule has 0 aromatic heterocycles. The molecule has 0 saturated carbocycles. The number of nitrogens with zero attached hydrogens (tertiary/aromatic N) is 1. The van der Waals surface area contributed by atoms with E-state index >= 15 is 0 Å². The number of ether oxygens (including phenoxy) is 2. The first-order valence-corrected chi connectivity index (χ1v) is 9.50. The van der Waals surface area contributed by atoms with Gasteiger partial charge in [0.1, 0.15) is 5.82 Å². The van der Waals surface area contributed by atoms with Crippen molar-refractivity contribution in [3.63, 3.8) is 0 Å². The molecule has 0 unspecified atom stereocenters. The molecule has 2 N–H and O–H groups in total. The Morgan fingerprint density at radius 1 is 1.03 bits per heavy atom. The number of hydrogen-bond donors (Lipinski definition) is 2. The maximum absolute atomic E-state index is 12.8. The van der Waals surface area contributed by atoms with E-state index in [1.807, 2.05) is 6.07 Å². The van der Waals surface area contributed by atoms with Gasteiger partial charge in [-0.2, -0.15) is 5.26 Å². The fourth-order valence-electron chi connectivity index (χ4n) is 2.61. The smallest absolute Gasteiger partial charge is 0.224 e. The highest BCUT2D eigenvalue weighted by Gasteiger charge is 2.07. The van der Waals surface area contributed by atoms with Crippen LogP contribution in [0.5, 0.6) is 11.5 Å². The van der Waals surface area contributed by atoms with E-state index in [0.29, 0.717) is 43.2 Å². The lowest BCUT2D eigenvalue weighted by atomic mass is 10.1. The number of nitrogens with one attached hydrogen (secondary N) is 2. The summed E-state index contributed by atoms with van der Waals surface area (Å²) in [6.45, 7) is 0.951. The molecule has 0 atom stereocenters. The summed E-state index contributed by atoms with van der Waals surface area (Å²) in [6, 6.07) is 12.7. The minimum atomic E-state index is -0.344. The third-order valence-corrected chi connectivity index (χ3v) is 4.15. The quantitative estimate of drug-likeness (QED) is 0.551. The molecular weight excluding hydrogens is 389 g/mol. The molecule has 0 spiro atoms. The number of methoxy groups -OCH3 is 1. The van der Waals surface area contributed by atoms with E-state index in [0.717, 1.165) is 5.56 Å². The molecular formula is C22H24FN3O4. The van der Waals surface area contributed by atoms with Crippen molar-refractivity contribution in [1.29, 1.82) is 5.26 Å². The summed E-state index contributed by atoms with van der Waals surface area (Å²) in [5, 5.41) is 14.3. The molecule has 2 rings (SSSR count). The van der Waals surface area contributed by atoms with Crippen molar-refractivity contribution < 1.29 is 23.5 Å². The molecule has 2 aromatic rings. The average Bonchev–Trinajstić information content (AvgIpc) is 2.76. The molecule has 158 valence electrons. The van der Waals surface area contributed by atoms with Gasteiger partial charge in [-0.05, 0) is 36.2 Å². The third-order valence-electron chi connectivity index (χ3n) is 4.15. The van der Waals surface area contributed by atoms with Crippen LogP contribution in [0.3, 0.4) is 0 Å². The summed E-state index contributed by atoms with van der Waals surface area (Å²) < 4.78 is 23.6. The number of halogens is 1. The second-order valence-electron chi connectivity index (χ2n) is 6.43. The SMILES string of the molecule is COc1cc(C#N)ccc1OCCCC(=O)NCCNC(=O)Cc1ccc(F)cc1. The van der Waals surface area contributed by atoms with Gasteiger partial charge in [0.05, 0.1) is 31.8 Å². The largest absolute Gasteiger partial charge is 0.493 e. The number of rotatable bonds is 11. The van der Waals surface area contributed by atoms with Crippen LogP contribution in [-0.2, 0) is 16.0 Å². The summed E-state index contributed by atoms with van der Waals surface area (Å²) in [5.41, 5.74) is 1.19. The highest BCUT2D eigenvalue weighted by molar-refractivity contribution is 5.79. The fourth-order valence-corrected chi connectivity index (χ4v) is 2.61. The molecule has 0 saturated heterocycles. The van der Waals surface area contributed by atoms with E-state index in [2.05, 4.69) is 10.6 Å². The van der Waals surface area contributed by atoms with Crippen molar-refractivity contribution in [2.24, 2.45) is 0 Å². The molecule has 0 radical (unpaired) electrons. The van der Waals surface area contributed by atoms with Gasteiger partial charge in [0.25, 0.3) is 0 Å². The Kier molecular flexibility index (Phi) is 9.13. The van der Waals surface area contributed by atoms with Crippen molar-refractivity contribution in [3.8, 4) is 17.6 Å². The maximum Gasteiger partial charge on any atom is 0.224 e. The minimum absolute atomic E-state index is 0.141. The average molecular weight is 413 g/mol. The number of benzene rings is 2. The topological polar surface area (TPSA) is 100 Å². The van der Waals surface area contributed by atoms with E-state index in [9.17, 15) is 14.0 Å². The van der Waals surface area contributed by atoms with Gasteiger partial charge in [-0.25, -0.2) is 4.39 Å². The Labute approximate surface area is 174 Å². The van der Waals surface area contributed by atoms with Gasteiger partial charge in [0.2, 0.25) is 11.8 Å². The molecule has 0 aliphatic carbocycles.